The molecule has 1 nitrogen and oxygen atoms in total. The molecule has 0 bridgehead atoms. The molecule has 1 fully saturated rings. The third-order valence-electron chi connectivity index (χ3n) is 7.75. The maximum absolute atomic E-state index is 15.1. The van der Waals surface area contributed by atoms with Gasteiger partial charge in [-0.1, -0.05) is 106 Å². The van der Waals surface area contributed by atoms with E-state index in [0.29, 0.717) is 18.1 Å². The summed E-state index contributed by atoms with van der Waals surface area (Å²) >= 11 is 0. The van der Waals surface area contributed by atoms with Crippen LogP contribution in [0.4, 0.5) is 4.39 Å². The van der Waals surface area contributed by atoms with E-state index in [9.17, 15) is 0 Å². The first-order valence-electron chi connectivity index (χ1n) is 14.4. The van der Waals surface area contributed by atoms with Crippen LogP contribution in [0.2, 0.25) is 0 Å². The SMILES string of the molecule is CCCC=C[C@H]1CC[C@H](c2ccc(-c3ccc(-c4ccc(COCCCCC)cc4)c(F)c3)cc2)CC1. The Morgan fingerprint density at radius 1 is 0.784 bits per heavy atom. The minimum Gasteiger partial charge on any atom is -0.377 e. The quantitative estimate of drug-likeness (QED) is 0.178. The molecule has 0 radical (unpaired) electrons. The average molecular weight is 499 g/mol. The van der Waals surface area contributed by atoms with Gasteiger partial charge in [-0.3, -0.25) is 0 Å². The van der Waals surface area contributed by atoms with Crippen LogP contribution in [-0.4, -0.2) is 6.61 Å². The first-order valence-corrected chi connectivity index (χ1v) is 14.4. The van der Waals surface area contributed by atoms with Crippen LogP contribution in [0.15, 0.2) is 78.9 Å². The zero-order valence-corrected chi connectivity index (χ0v) is 22.7. The lowest BCUT2D eigenvalue weighted by molar-refractivity contribution is 0.117. The van der Waals surface area contributed by atoms with E-state index < -0.39 is 0 Å². The van der Waals surface area contributed by atoms with Gasteiger partial charge in [-0.15, -0.1) is 0 Å². The van der Waals surface area contributed by atoms with Gasteiger partial charge in [-0.05, 0) is 84.2 Å². The highest BCUT2D eigenvalue weighted by Gasteiger charge is 2.20. The Kier molecular flexibility index (Phi) is 10.6. The second kappa shape index (κ2) is 14.3. The van der Waals surface area contributed by atoms with E-state index in [0.717, 1.165) is 41.2 Å². The van der Waals surface area contributed by atoms with Crippen molar-refractivity contribution in [3.63, 3.8) is 0 Å². The van der Waals surface area contributed by atoms with Gasteiger partial charge >= 0.3 is 0 Å². The van der Waals surface area contributed by atoms with Crippen molar-refractivity contribution in [2.45, 2.75) is 84.2 Å². The third kappa shape index (κ3) is 7.89. The third-order valence-corrected chi connectivity index (χ3v) is 7.75. The predicted molar refractivity (Wildman–Crippen MR) is 155 cm³/mol. The molecule has 0 unspecified atom stereocenters. The molecule has 0 heterocycles. The molecule has 3 aromatic rings. The number of rotatable bonds is 12. The Bertz CT molecular complexity index is 1110. The molecule has 0 amide bonds. The largest absolute Gasteiger partial charge is 0.377 e. The van der Waals surface area contributed by atoms with Crippen molar-refractivity contribution in [1.29, 1.82) is 0 Å². The van der Waals surface area contributed by atoms with Crippen LogP contribution >= 0.6 is 0 Å². The molecule has 37 heavy (non-hydrogen) atoms. The molecule has 0 aromatic heterocycles. The Hall–Kier alpha value is -2.71. The van der Waals surface area contributed by atoms with Crippen molar-refractivity contribution in [2.24, 2.45) is 5.92 Å². The molecule has 1 aliphatic rings. The molecular formula is C35H43FO. The molecule has 196 valence electrons. The van der Waals surface area contributed by atoms with Crippen LogP contribution < -0.4 is 0 Å². The lowest BCUT2D eigenvalue weighted by Crippen LogP contribution is -2.11. The van der Waals surface area contributed by atoms with Gasteiger partial charge in [-0.2, -0.15) is 0 Å². The van der Waals surface area contributed by atoms with Crippen LogP contribution in [0, 0.1) is 11.7 Å². The van der Waals surface area contributed by atoms with E-state index in [-0.39, 0.29) is 5.82 Å². The number of unbranched alkanes of at least 4 members (excludes halogenated alkanes) is 3. The molecule has 4 rings (SSSR count). The maximum atomic E-state index is 15.1. The molecule has 0 atom stereocenters. The van der Waals surface area contributed by atoms with E-state index in [1.54, 1.807) is 6.07 Å². The fourth-order valence-electron chi connectivity index (χ4n) is 5.40. The van der Waals surface area contributed by atoms with Gasteiger partial charge in [0.25, 0.3) is 0 Å². The first kappa shape index (κ1) is 27.3. The Labute approximate surface area is 223 Å². The zero-order valence-electron chi connectivity index (χ0n) is 22.7. The summed E-state index contributed by atoms with van der Waals surface area (Å²) in [5, 5.41) is 0. The summed E-state index contributed by atoms with van der Waals surface area (Å²) in [6.45, 7) is 5.84. The summed E-state index contributed by atoms with van der Waals surface area (Å²) < 4.78 is 20.9. The van der Waals surface area contributed by atoms with Crippen molar-refractivity contribution in [1.82, 2.24) is 0 Å². The summed E-state index contributed by atoms with van der Waals surface area (Å²) in [5.74, 6) is 1.22. The highest BCUT2D eigenvalue weighted by Crippen LogP contribution is 2.37. The zero-order chi connectivity index (χ0) is 25.9. The van der Waals surface area contributed by atoms with Crippen molar-refractivity contribution in [2.75, 3.05) is 6.61 Å². The van der Waals surface area contributed by atoms with Gasteiger partial charge in [0, 0.05) is 12.2 Å². The van der Waals surface area contributed by atoms with Crippen LogP contribution in [0.1, 0.15) is 88.7 Å². The standard InChI is InChI=1S/C35H43FO/c1-3-5-7-9-27-10-14-29(15-11-27)30-18-20-31(21-19-30)33-22-23-34(35(36)25-33)32-16-12-28(13-17-32)26-37-24-8-6-4-2/h7,9,12-13,16-23,25,27,29H,3-6,8,10-11,14-15,24,26H2,1-2H3/t27-,29-. The number of hydrogen-bond donors (Lipinski definition) is 0. The molecule has 0 aliphatic heterocycles. The lowest BCUT2D eigenvalue weighted by atomic mass is 9.78. The molecule has 2 heteroatoms. The van der Waals surface area contributed by atoms with Gasteiger partial charge in [0.05, 0.1) is 6.61 Å². The number of benzene rings is 3. The van der Waals surface area contributed by atoms with Gasteiger partial charge < -0.3 is 4.74 Å². The van der Waals surface area contributed by atoms with E-state index >= 15 is 4.39 Å². The van der Waals surface area contributed by atoms with E-state index in [4.69, 9.17) is 4.74 Å². The van der Waals surface area contributed by atoms with Crippen LogP contribution in [0.3, 0.4) is 0 Å². The van der Waals surface area contributed by atoms with Gasteiger partial charge in [0.15, 0.2) is 0 Å². The molecule has 0 spiro atoms. The minimum atomic E-state index is -0.181. The summed E-state index contributed by atoms with van der Waals surface area (Å²) in [6.07, 6.45) is 15.8. The predicted octanol–water partition coefficient (Wildman–Crippen LogP) is 10.5. The van der Waals surface area contributed by atoms with Crippen molar-refractivity contribution in [3.05, 3.63) is 95.8 Å². The topological polar surface area (TPSA) is 9.23 Å². The maximum Gasteiger partial charge on any atom is 0.131 e. The molecule has 1 saturated carbocycles. The molecule has 3 aromatic carbocycles. The molecular weight excluding hydrogens is 455 g/mol. The monoisotopic (exact) mass is 498 g/mol. The van der Waals surface area contributed by atoms with Crippen LogP contribution in [-0.2, 0) is 11.3 Å². The van der Waals surface area contributed by atoms with Gasteiger partial charge in [0.1, 0.15) is 5.82 Å². The van der Waals surface area contributed by atoms with Crippen LogP contribution in [0.25, 0.3) is 22.3 Å². The van der Waals surface area contributed by atoms with Gasteiger partial charge in [-0.25, -0.2) is 4.39 Å². The molecule has 0 saturated heterocycles. The lowest BCUT2D eigenvalue weighted by Gasteiger charge is -2.27. The Morgan fingerprint density at radius 2 is 1.49 bits per heavy atom. The Balaban J connectivity index is 1.34. The normalized spacial score (nSPS) is 17.9. The summed E-state index contributed by atoms with van der Waals surface area (Å²) in [5.41, 5.74) is 6.08. The molecule has 0 N–H and O–H groups in total. The smallest absolute Gasteiger partial charge is 0.131 e. The molecule has 1 aliphatic carbocycles. The van der Waals surface area contributed by atoms with Crippen molar-refractivity contribution >= 4 is 0 Å². The number of allylic oxidation sites excluding steroid dienone is 2. The van der Waals surface area contributed by atoms with Gasteiger partial charge in [0.2, 0.25) is 0 Å². The van der Waals surface area contributed by atoms with Crippen molar-refractivity contribution in [3.8, 4) is 22.3 Å². The second-order valence-corrected chi connectivity index (χ2v) is 10.6. The average Bonchev–Trinajstić information content (AvgIpc) is 2.94. The highest BCUT2D eigenvalue weighted by molar-refractivity contribution is 5.71. The fourth-order valence-corrected chi connectivity index (χ4v) is 5.40. The summed E-state index contributed by atoms with van der Waals surface area (Å²) in [6, 6.07) is 22.5. The van der Waals surface area contributed by atoms with E-state index in [1.807, 2.05) is 36.4 Å². The number of halogens is 1. The summed E-state index contributed by atoms with van der Waals surface area (Å²) in [4.78, 5) is 0. The van der Waals surface area contributed by atoms with Crippen LogP contribution in [0.5, 0.6) is 0 Å². The summed E-state index contributed by atoms with van der Waals surface area (Å²) in [7, 11) is 0. The van der Waals surface area contributed by atoms with E-state index in [1.165, 1.54) is 56.9 Å². The minimum absolute atomic E-state index is 0.181. The van der Waals surface area contributed by atoms with E-state index in [2.05, 4.69) is 50.3 Å². The first-order chi connectivity index (χ1) is 18.2. The fraction of sp³-hybridized carbons (Fsp3) is 0.429. The highest BCUT2D eigenvalue weighted by atomic mass is 19.1. The number of ether oxygens (including phenoxy) is 1. The number of hydrogen-bond acceptors (Lipinski definition) is 1. The second-order valence-electron chi connectivity index (χ2n) is 10.6. The van der Waals surface area contributed by atoms with Crippen molar-refractivity contribution < 1.29 is 9.13 Å². The Morgan fingerprint density at radius 3 is 2.16 bits per heavy atom.